The van der Waals surface area contributed by atoms with E-state index in [9.17, 15) is 0 Å². The van der Waals surface area contributed by atoms with Gasteiger partial charge in [0.2, 0.25) is 0 Å². The number of epoxide rings is 1. The molecule has 1 aliphatic rings. The molecule has 0 bridgehead atoms. The van der Waals surface area contributed by atoms with Crippen LogP contribution in [0, 0.1) is 6.92 Å². The normalized spacial score (nSPS) is 22.0. The van der Waals surface area contributed by atoms with Crippen molar-refractivity contribution >= 4 is 0 Å². The van der Waals surface area contributed by atoms with Gasteiger partial charge in [-0.3, -0.25) is 0 Å². The highest BCUT2D eigenvalue weighted by atomic mass is 16.6. The van der Waals surface area contributed by atoms with Crippen molar-refractivity contribution in [1.29, 1.82) is 0 Å². The molecule has 76 valence electrons. The summed E-state index contributed by atoms with van der Waals surface area (Å²) in [7, 11) is 0. The van der Waals surface area contributed by atoms with E-state index in [0.717, 1.165) is 13.2 Å². The van der Waals surface area contributed by atoms with Crippen molar-refractivity contribution in [2.24, 2.45) is 0 Å². The fraction of sp³-hybridized carbons (Fsp3) is 0.500. The van der Waals surface area contributed by atoms with Crippen molar-refractivity contribution in [3.63, 3.8) is 0 Å². The first-order chi connectivity index (χ1) is 6.75. The number of benzene rings is 1. The van der Waals surface area contributed by atoms with Crippen LogP contribution >= 0.6 is 0 Å². The maximum absolute atomic E-state index is 5.68. The van der Waals surface area contributed by atoms with Gasteiger partial charge in [-0.2, -0.15) is 0 Å². The zero-order valence-corrected chi connectivity index (χ0v) is 8.69. The minimum Gasteiger partial charge on any atom is -0.371 e. The zero-order valence-electron chi connectivity index (χ0n) is 8.69. The first-order valence-corrected chi connectivity index (χ1v) is 5.05. The maximum Gasteiger partial charge on any atom is 0.104 e. The summed E-state index contributed by atoms with van der Waals surface area (Å²) in [5, 5.41) is 0. The molecular weight excluding hydrogens is 176 g/mol. The van der Waals surface area contributed by atoms with E-state index in [2.05, 4.69) is 38.1 Å². The van der Waals surface area contributed by atoms with Gasteiger partial charge in [0.05, 0.1) is 19.3 Å². The summed E-state index contributed by atoms with van der Waals surface area (Å²) in [6, 6.07) is 8.43. The second-order valence-corrected chi connectivity index (χ2v) is 3.85. The highest BCUT2D eigenvalue weighted by Gasteiger charge is 2.23. The summed E-state index contributed by atoms with van der Waals surface area (Å²) in [5.41, 5.74) is 2.52. The molecule has 0 amide bonds. The largest absolute Gasteiger partial charge is 0.371 e. The third-order valence-electron chi connectivity index (χ3n) is 2.45. The van der Waals surface area contributed by atoms with Crippen LogP contribution in [0.4, 0.5) is 0 Å². The van der Waals surface area contributed by atoms with Gasteiger partial charge in [-0.1, -0.05) is 29.8 Å². The molecule has 1 fully saturated rings. The van der Waals surface area contributed by atoms with E-state index >= 15 is 0 Å². The Hall–Kier alpha value is -0.860. The molecule has 1 saturated heterocycles. The van der Waals surface area contributed by atoms with Gasteiger partial charge < -0.3 is 9.47 Å². The van der Waals surface area contributed by atoms with Crippen molar-refractivity contribution < 1.29 is 9.47 Å². The predicted octanol–water partition coefficient (Wildman–Crippen LogP) is 2.47. The molecule has 2 atom stereocenters. The van der Waals surface area contributed by atoms with Gasteiger partial charge in [-0.15, -0.1) is 0 Å². The molecule has 0 spiro atoms. The van der Waals surface area contributed by atoms with Gasteiger partial charge in [-0.25, -0.2) is 0 Å². The van der Waals surface area contributed by atoms with E-state index in [-0.39, 0.29) is 6.10 Å². The molecule has 14 heavy (non-hydrogen) atoms. The molecule has 0 radical (unpaired) electrons. The molecule has 1 aliphatic heterocycles. The Kier molecular flexibility index (Phi) is 2.85. The van der Waals surface area contributed by atoms with Crippen molar-refractivity contribution in [3.05, 3.63) is 35.4 Å². The lowest BCUT2D eigenvalue weighted by Crippen LogP contribution is -2.06. The number of hydrogen-bond acceptors (Lipinski definition) is 2. The first-order valence-electron chi connectivity index (χ1n) is 5.05. The molecule has 2 rings (SSSR count). The number of ether oxygens (including phenoxy) is 2. The lowest BCUT2D eigenvalue weighted by atomic mass is 10.1. The van der Waals surface area contributed by atoms with Crippen LogP contribution in [0.2, 0.25) is 0 Å². The number of rotatable bonds is 4. The Balaban J connectivity index is 1.91. The van der Waals surface area contributed by atoms with Gasteiger partial charge in [0.15, 0.2) is 0 Å². The molecule has 0 N–H and O–H groups in total. The molecule has 1 heterocycles. The Morgan fingerprint density at radius 3 is 3.00 bits per heavy atom. The molecule has 1 aromatic rings. The molecule has 0 aliphatic carbocycles. The van der Waals surface area contributed by atoms with E-state index < -0.39 is 0 Å². The summed E-state index contributed by atoms with van der Waals surface area (Å²) in [4.78, 5) is 0. The standard InChI is InChI=1S/C12H16O2/c1-9-4-3-5-11(6-9)10(2)13-7-12-8-14-12/h3-6,10,12H,7-8H2,1-2H3/t10-,12-/m0/s1. The van der Waals surface area contributed by atoms with E-state index in [4.69, 9.17) is 9.47 Å². The zero-order chi connectivity index (χ0) is 9.97. The molecule has 0 aromatic heterocycles. The molecule has 2 nitrogen and oxygen atoms in total. The van der Waals surface area contributed by atoms with Crippen LogP contribution in [0.1, 0.15) is 24.2 Å². The SMILES string of the molecule is Cc1cccc([C@H](C)OC[C@H]2CO2)c1. The summed E-state index contributed by atoms with van der Waals surface area (Å²) in [5.74, 6) is 0. The second kappa shape index (κ2) is 4.11. The van der Waals surface area contributed by atoms with E-state index in [1.165, 1.54) is 11.1 Å². The molecule has 2 heteroatoms. The quantitative estimate of drug-likeness (QED) is 0.683. The fourth-order valence-corrected chi connectivity index (χ4v) is 1.44. The number of aryl methyl sites for hydroxylation is 1. The van der Waals surface area contributed by atoms with Crippen LogP contribution in [-0.4, -0.2) is 19.3 Å². The molecule has 1 aromatic carbocycles. The van der Waals surface area contributed by atoms with Crippen LogP contribution in [0.25, 0.3) is 0 Å². The Labute approximate surface area is 84.8 Å². The van der Waals surface area contributed by atoms with Gasteiger partial charge >= 0.3 is 0 Å². The van der Waals surface area contributed by atoms with Crippen molar-refractivity contribution in [1.82, 2.24) is 0 Å². The smallest absolute Gasteiger partial charge is 0.104 e. The summed E-state index contributed by atoms with van der Waals surface area (Å²) < 4.78 is 10.8. The summed E-state index contributed by atoms with van der Waals surface area (Å²) in [6.07, 6.45) is 0.515. The minimum atomic E-state index is 0.166. The highest BCUT2D eigenvalue weighted by molar-refractivity contribution is 5.23. The highest BCUT2D eigenvalue weighted by Crippen LogP contribution is 2.20. The van der Waals surface area contributed by atoms with E-state index in [1.54, 1.807) is 0 Å². The molecule has 0 saturated carbocycles. The Bertz CT molecular complexity index is 305. The Morgan fingerprint density at radius 2 is 2.36 bits per heavy atom. The van der Waals surface area contributed by atoms with Crippen molar-refractivity contribution in [2.75, 3.05) is 13.2 Å². The lowest BCUT2D eigenvalue weighted by molar-refractivity contribution is 0.0539. The summed E-state index contributed by atoms with van der Waals surface area (Å²) >= 11 is 0. The van der Waals surface area contributed by atoms with Crippen molar-refractivity contribution in [2.45, 2.75) is 26.1 Å². The molecular formula is C12H16O2. The minimum absolute atomic E-state index is 0.166. The first kappa shape index (κ1) is 9.69. The predicted molar refractivity (Wildman–Crippen MR) is 55.3 cm³/mol. The van der Waals surface area contributed by atoms with E-state index in [0.29, 0.717) is 6.10 Å². The average Bonchev–Trinajstić information content (AvgIpc) is 2.97. The second-order valence-electron chi connectivity index (χ2n) is 3.85. The molecule has 0 unspecified atom stereocenters. The third kappa shape index (κ3) is 2.56. The Morgan fingerprint density at radius 1 is 1.57 bits per heavy atom. The van der Waals surface area contributed by atoms with Crippen molar-refractivity contribution in [3.8, 4) is 0 Å². The van der Waals surface area contributed by atoms with Crippen LogP contribution in [0.3, 0.4) is 0 Å². The van der Waals surface area contributed by atoms with Crippen LogP contribution in [0.15, 0.2) is 24.3 Å². The van der Waals surface area contributed by atoms with E-state index in [1.807, 2.05) is 0 Å². The van der Waals surface area contributed by atoms with Crippen LogP contribution in [0.5, 0.6) is 0 Å². The van der Waals surface area contributed by atoms with Gasteiger partial charge in [0, 0.05) is 0 Å². The third-order valence-corrected chi connectivity index (χ3v) is 2.45. The maximum atomic E-state index is 5.68. The summed E-state index contributed by atoms with van der Waals surface area (Å²) in [6.45, 7) is 5.76. The van der Waals surface area contributed by atoms with Gasteiger partial charge in [-0.05, 0) is 19.4 Å². The van der Waals surface area contributed by atoms with Crippen LogP contribution < -0.4 is 0 Å². The topological polar surface area (TPSA) is 21.8 Å². The van der Waals surface area contributed by atoms with Crippen LogP contribution in [-0.2, 0) is 9.47 Å². The number of hydrogen-bond donors (Lipinski definition) is 0. The van der Waals surface area contributed by atoms with Gasteiger partial charge in [0.25, 0.3) is 0 Å². The average molecular weight is 192 g/mol. The fourth-order valence-electron chi connectivity index (χ4n) is 1.44. The lowest BCUT2D eigenvalue weighted by Gasteiger charge is -2.12. The monoisotopic (exact) mass is 192 g/mol. The van der Waals surface area contributed by atoms with Gasteiger partial charge in [0.1, 0.15) is 6.10 Å².